The predicted molar refractivity (Wildman–Crippen MR) is 84.6 cm³/mol. The van der Waals surface area contributed by atoms with Crippen molar-refractivity contribution in [3.05, 3.63) is 65.2 Å². The highest BCUT2D eigenvalue weighted by molar-refractivity contribution is 6.16. The van der Waals surface area contributed by atoms with Gasteiger partial charge in [0.15, 0.2) is 0 Å². The van der Waals surface area contributed by atoms with Crippen LogP contribution < -0.4 is 5.32 Å². The molecule has 0 heterocycles. The number of anilines is 1. The van der Waals surface area contributed by atoms with E-state index in [2.05, 4.69) is 10.5 Å². The zero-order valence-electron chi connectivity index (χ0n) is 12.4. The van der Waals surface area contributed by atoms with Gasteiger partial charge < -0.3 is 10.2 Å². The molecule has 0 aliphatic rings. The SMILES string of the molecule is CO/N=C(\c1ccccc1)c1cc(C)ccc1NC(C)=O. The van der Waals surface area contributed by atoms with Crippen molar-refractivity contribution in [3.63, 3.8) is 0 Å². The molecule has 0 saturated heterocycles. The predicted octanol–water partition coefficient (Wildman–Crippen LogP) is 3.35. The molecule has 2 aromatic carbocycles. The third-order valence-corrected chi connectivity index (χ3v) is 2.97. The van der Waals surface area contributed by atoms with Crippen LogP contribution >= 0.6 is 0 Å². The van der Waals surface area contributed by atoms with E-state index in [4.69, 9.17) is 4.84 Å². The maximum Gasteiger partial charge on any atom is 0.221 e. The number of nitrogens with zero attached hydrogens (tertiary/aromatic N) is 1. The van der Waals surface area contributed by atoms with Crippen molar-refractivity contribution in [2.75, 3.05) is 12.4 Å². The Hall–Kier alpha value is -2.62. The quantitative estimate of drug-likeness (QED) is 0.690. The number of nitrogens with one attached hydrogen (secondary N) is 1. The summed E-state index contributed by atoms with van der Waals surface area (Å²) in [6, 6.07) is 15.5. The Morgan fingerprint density at radius 2 is 1.86 bits per heavy atom. The Balaban J connectivity index is 2.57. The lowest BCUT2D eigenvalue weighted by Crippen LogP contribution is -2.13. The minimum absolute atomic E-state index is 0.120. The van der Waals surface area contributed by atoms with E-state index in [9.17, 15) is 4.79 Å². The minimum atomic E-state index is -0.120. The fraction of sp³-hybridized carbons (Fsp3) is 0.176. The number of hydrogen-bond donors (Lipinski definition) is 1. The van der Waals surface area contributed by atoms with Crippen LogP contribution in [0.4, 0.5) is 5.69 Å². The second-order valence-electron chi connectivity index (χ2n) is 4.72. The average Bonchev–Trinajstić information content (AvgIpc) is 2.47. The van der Waals surface area contributed by atoms with Crippen LogP contribution in [0, 0.1) is 6.92 Å². The van der Waals surface area contributed by atoms with E-state index in [-0.39, 0.29) is 5.91 Å². The van der Waals surface area contributed by atoms with Crippen LogP contribution in [-0.2, 0) is 9.63 Å². The molecule has 4 heteroatoms. The Bertz CT molecular complexity index is 664. The lowest BCUT2D eigenvalue weighted by molar-refractivity contribution is -0.114. The number of hydrogen-bond acceptors (Lipinski definition) is 3. The molecule has 0 aliphatic carbocycles. The van der Waals surface area contributed by atoms with Crippen LogP contribution in [0.3, 0.4) is 0 Å². The molecule has 0 aliphatic heterocycles. The van der Waals surface area contributed by atoms with Crippen LogP contribution in [0.25, 0.3) is 0 Å². The van der Waals surface area contributed by atoms with E-state index < -0.39 is 0 Å². The molecule has 0 spiro atoms. The van der Waals surface area contributed by atoms with E-state index in [1.807, 2.05) is 55.5 Å². The van der Waals surface area contributed by atoms with Gasteiger partial charge in [0.2, 0.25) is 5.91 Å². The molecule has 4 nitrogen and oxygen atoms in total. The molecular formula is C17H18N2O2. The van der Waals surface area contributed by atoms with Gasteiger partial charge in [0.25, 0.3) is 0 Å². The smallest absolute Gasteiger partial charge is 0.221 e. The Morgan fingerprint density at radius 3 is 2.48 bits per heavy atom. The Labute approximate surface area is 124 Å². The Morgan fingerprint density at radius 1 is 1.14 bits per heavy atom. The molecule has 0 bridgehead atoms. The van der Waals surface area contributed by atoms with Gasteiger partial charge >= 0.3 is 0 Å². The van der Waals surface area contributed by atoms with Crippen molar-refractivity contribution < 1.29 is 9.63 Å². The standard InChI is InChI=1S/C17H18N2O2/c1-12-9-10-16(18-13(2)20)15(11-12)17(19-21-3)14-7-5-4-6-8-14/h4-11H,1-3H3,(H,18,20)/b19-17+. The molecule has 0 unspecified atom stereocenters. The van der Waals surface area contributed by atoms with Gasteiger partial charge in [0.1, 0.15) is 12.8 Å². The molecule has 0 atom stereocenters. The zero-order valence-corrected chi connectivity index (χ0v) is 12.4. The van der Waals surface area contributed by atoms with Gasteiger partial charge in [-0.15, -0.1) is 0 Å². The van der Waals surface area contributed by atoms with E-state index >= 15 is 0 Å². The number of oxime groups is 1. The molecule has 0 aromatic heterocycles. The molecule has 108 valence electrons. The van der Waals surface area contributed by atoms with Gasteiger partial charge in [-0.25, -0.2) is 0 Å². The van der Waals surface area contributed by atoms with Gasteiger partial charge in [-0.2, -0.15) is 0 Å². The molecule has 2 aromatic rings. The third-order valence-electron chi connectivity index (χ3n) is 2.97. The van der Waals surface area contributed by atoms with E-state index in [1.165, 1.54) is 14.0 Å². The molecule has 0 fully saturated rings. The average molecular weight is 282 g/mol. The first-order chi connectivity index (χ1) is 10.1. The van der Waals surface area contributed by atoms with Gasteiger partial charge in [-0.3, -0.25) is 4.79 Å². The maximum absolute atomic E-state index is 11.4. The van der Waals surface area contributed by atoms with Crippen molar-refractivity contribution in [1.29, 1.82) is 0 Å². The number of carbonyl (C=O) groups is 1. The normalized spacial score (nSPS) is 11.1. The first-order valence-corrected chi connectivity index (χ1v) is 6.67. The minimum Gasteiger partial charge on any atom is -0.399 e. The molecule has 1 N–H and O–H groups in total. The van der Waals surface area contributed by atoms with Gasteiger partial charge in [-0.1, -0.05) is 47.1 Å². The van der Waals surface area contributed by atoms with E-state index in [0.717, 1.165) is 16.7 Å². The largest absolute Gasteiger partial charge is 0.399 e. The van der Waals surface area contributed by atoms with Gasteiger partial charge in [0.05, 0.1) is 5.69 Å². The van der Waals surface area contributed by atoms with Crippen molar-refractivity contribution in [2.24, 2.45) is 5.16 Å². The van der Waals surface area contributed by atoms with E-state index in [0.29, 0.717) is 11.4 Å². The van der Waals surface area contributed by atoms with E-state index in [1.54, 1.807) is 0 Å². The fourth-order valence-electron chi connectivity index (χ4n) is 2.10. The van der Waals surface area contributed by atoms with Crippen molar-refractivity contribution >= 4 is 17.3 Å². The maximum atomic E-state index is 11.4. The molecule has 0 saturated carbocycles. The first kappa shape index (κ1) is 14.8. The summed E-state index contributed by atoms with van der Waals surface area (Å²) in [5, 5.41) is 6.97. The first-order valence-electron chi connectivity index (χ1n) is 6.67. The van der Waals surface area contributed by atoms with Crippen LogP contribution in [0.2, 0.25) is 0 Å². The highest BCUT2D eigenvalue weighted by Gasteiger charge is 2.14. The van der Waals surface area contributed by atoms with Crippen LogP contribution in [-0.4, -0.2) is 18.7 Å². The number of amides is 1. The molecule has 21 heavy (non-hydrogen) atoms. The number of carbonyl (C=O) groups excluding carboxylic acids is 1. The number of aryl methyl sites for hydroxylation is 1. The monoisotopic (exact) mass is 282 g/mol. The zero-order chi connectivity index (χ0) is 15.2. The highest BCUT2D eigenvalue weighted by Crippen LogP contribution is 2.22. The summed E-state index contributed by atoms with van der Waals surface area (Å²) in [5.74, 6) is -0.120. The highest BCUT2D eigenvalue weighted by atomic mass is 16.6. The lowest BCUT2D eigenvalue weighted by atomic mass is 9.99. The summed E-state index contributed by atoms with van der Waals surface area (Å²) < 4.78 is 0. The Kier molecular flexibility index (Phi) is 4.72. The summed E-state index contributed by atoms with van der Waals surface area (Å²) in [7, 11) is 1.51. The lowest BCUT2D eigenvalue weighted by Gasteiger charge is -2.13. The summed E-state index contributed by atoms with van der Waals surface area (Å²) >= 11 is 0. The second kappa shape index (κ2) is 6.70. The van der Waals surface area contributed by atoms with Crippen LogP contribution in [0.15, 0.2) is 53.7 Å². The number of benzene rings is 2. The second-order valence-corrected chi connectivity index (χ2v) is 4.72. The fourth-order valence-corrected chi connectivity index (χ4v) is 2.10. The molecule has 0 radical (unpaired) electrons. The summed E-state index contributed by atoms with van der Waals surface area (Å²) in [5.41, 5.74) is 4.24. The summed E-state index contributed by atoms with van der Waals surface area (Å²) in [6.07, 6.45) is 0. The van der Waals surface area contributed by atoms with Crippen molar-refractivity contribution in [3.8, 4) is 0 Å². The van der Waals surface area contributed by atoms with Gasteiger partial charge in [-0.05, 0) is 19.1 Å². The topological polar surface area (TPSA) is 50.7 Å². The summed E-state index contributed by atoms with van der Waals surface area (Å²) in [4.78, 5) is 16.4. The third kappa shape index (κ3) is 3.69. The molecular weight excluding hydrogens is 264 g/mol. The van der Waals surface area contributed by atoms with Crippen molar-refractivity contribution in [2.45, 2.75) is 13.8 Å². The van der Waals surface area contributed by atoms with Crippen molar-refractivity contribution in [1.82, 2.24) is 0 Å². The molecule has 1 amide bonds. The summed E-state index contributed by atoms with van der Waals surface area (Å²) in [6.45, 7) is 3.48. The van der Waals surface area contributed by atoms with Gasteiger partial charge in [0, 0.05) is 18.1 Å². The van der Waals surface area contributed by atoms with Crippen LogP contribution in [0.1, 0.15) is 23.6 Å². The van der Waals surface area contributed by atoms with Crippen LogP contribution in [0.5, 0.6) is 0 Å². The number of rotatable bonds is 4. The molecule has 2 rings (SSSR count).